The minimum Gasteiger partial charge on any atom is -0.378 e. The van der Waals surface area contributed by atoms with Gasteiger partial charge >= 0.3 is 0 Å². The van der Waals surface area contributed by atoms with Gasteiger partial charge in [-0.1, -0.05) is 0 Å². The molecule has 0 aliphatic carbocycles. The van der Waals surface area contributed by atoms with Gasteiger partial charge < -0.3 is 14.4 Å². The average molecular weight is 535 g/mol. The van der Waals surface area contributed by atoms with Crippen LogP contribution in [-0.2, 0) is 19.3 Å². The molecular weight excluding hydrogens is 504 g/mol. The van der Waals surface area contributed by atoms with Crippen molar-refractivity contribution in [2.24, 2.45) is 0 Å². The van der Waals surface area contributed by atoms with E-state index in [9.17, 15) is 8.42 Å². The molecule has 0 aromatic carbocycles. The van der Waals surface area contributed by atoms with Crippen LogP contribution in [0, 0.1) is 6.92 Å². The molecule has 2 aliphatic rings. The Kier molecular flexibility index (Phi) is 6.58. The maximum Gasteiger partial charge on any atom is 0.192 e. The zero-order valence-corrected chi connectivity index (χ0v) is 22.3. The van der Waals surface area contributed by atoms with Crippen LogP contribution < -0.4 is 4.90 Å². The number of sulfone groups is 1. The normalized spacial score (nSPS) is 18.7. The molecule has 38 heavy (non-hydrogen) atoms. The lowest BCUT2D eigenvalue weighted by Crippen LogP contribution is -2.36. The monoisotopic (exact) mass is 534 g/mol. The van der Waals surface area contributed by atoms with Crippen molar-refractivity contribution in [2.75, 3.05) is 44.1 Å². The molecule has 0 radical (unpaired) electrons. The van der Waals surface area contributed by atoms with Gasteiger partial charge in [0.05, 0.1) is 18.9 Å². The topological polar surface area (TPSA) is 112 Å². The van der Waals surface area contributed by atoms with Gasteiger partial charge in [-0.15, -0.1) is 0 Å². The fraction of sp³-hybridized carbons (Fsp3) is 0.407. The zero-order chi connectivity index (χ0) is 26.3. The Hall–Kier alpha value is -3.41. The third kappa shape index (κ3) is 4.65. The van der Waals surface area contributed by atoms with Crippen molar-refractivity contribution in [2.45, 2.75) is 37.4 Å². The molecule has 0 saturated carbocycles. The van der Waals surface area contributed by atoms with Crippen LogP contribution in [0.1, 0.15) is 31.1 Å². The number of aromatic nitrogens is 5. The van der Waals surface area contributed by atoms with Gasteiger partial charge in [0, 0.05) is 55.5 Å². The quantitative estimate of drug-likeness (QED) is 0.377. The molecule has 2 saturated heterocycles. The molecule has 1 atom stereocenters. The van der Waals surface area contributed by atoms with E-state index in [1.165, 1.54) is 6.26 Å². The molecule has 6 heterocycles. The fourth-order valence-electron chi connectivity index (χ4n) is 5.17. The molecule has 4 aromatic rings. The van der Waals surface area contributed by atoms with Gasteiger partial charge in [0.2, 0.25) is 0 Å². The molecule has 11 heteroatoms. The minimum atomic E-state index is -3.42. The number of rotatable bonds is 5. The number of anilines is 1. The van der Waals surface area contributed by atoms with Crippen LogP contribution in [0.4, 0.5) is 5.82 Å². The Morgan fingerprint density at radius 1 is 1.00 bits per heavy atom. The molecule has 198 valence electrons. The summed E-state index contributed by atoms with van der Waals surface area (Å²) in [5.41, 5.74) is 4.91. The van der Waals surface area contributed by atoms with Gasteiger partial charge in [-0.3, -0.25) is 4.98 Å². The van der Waals surface area contributed by atoms with Crippen LogP contribution in [-0.4, -0.2) is 72.3 Å². The maximum atomic E-state index is 12.1. The number of hydrogen-bond donors (Lipinski definition) is 0. The SMILES string of the molecule is Cc1cc(S(C)(=O)=O)ncc1-c1cc(N2CCOCC2)nc2c(-c3ccnn3C3CCCCO3)nccc12. The van der Waals surface area contributed by atoms with Gasteiger partial charge in [-0.05, 0) is 61.6 Å². The standard InChI is InChI=1S/C27H30N6O4S/c1-18-15-24(38(2,34)35)29-17-21(18)20-16-23(32-10-13-36-14-11-32)31-26-19(20)6-8-28-27(26)22-7-9-30-33(22)25-5-3-4-12-37-25/h6-9,15-17,25H,3-5,10-14H2,1-2H3. The lowest BCUT2D eigenvalue weighted by molar-refractivity contribution is -0.0383. The van der Waals surface area contributed by atoms with Gasteiger partial charge in [-0.25, -0.2) is 23.1 Å². The van der Waals surface area contributed by atoms with E-state index in [4.69, 9.17) is 19.4 Å². The van der Waals surface area contributed by atoms with Crippen molar-refractivity contribution in [1.82, 2.24) is 24.7 Å². The minimum absolute atomic E-state index is 0.0595. The highest BCUT2D eigenvalue weighted by Gasteiger charge is 2.24. The molecule has 2 fully saturated rings. The maximum absolute atomic E-state index is 12.1. The first-order valence-corrected chi connectivity index (χ1v) is 14.7. The van der Waals surface area contributed by atoms with Crippen LogP contribution in [0.3, 0.4) is 0 Å². The Bertz CT molecular complexity index is 1590. The van der Waals surface area contributed by atoms with Gasteiger partial charge in [-0.2, -0.15) is 5.10 Å². The van der Waals surface area contributed by atoms with Crippen LogP contribution >= 0.6 is 0 Å². The molecule has 2 aliphatic heterocycles. The van der Waals surface area contributed by atoms with E-state index in [2.05, 4.69) is 21.0 Å². The summed E-state index contributed by atoms with van der Waals surface area (Å²) in [7, 11) is -3.42. The number of hydrogen-bond acceptors (Lipinski definition) is 9. The molecule has 4 aromatic heterocycles. The molecule has 6 rings (SSSR count). The lowest BCUT2D eigenvalue weighted by atomic mass is 9.98. The Labute approximate surface area is 221 Å². The van der Waals surface area contributed by atoms with Crippen LogP contribution in [0.2, 0.25) is 0 Å². The fourth-order valence-corrected chi connectivity index (χ4v) is 5.80. The first-order chi connectivity index (χ1) is 18.4. The van der Waals surface area contributed by atoms with Crippen molar-refractivity contribution in [1.29, 1.82) is 0 Å². The Balaban J connectivity index is 1.56. The van der Waals surface area contributed by atoms with E-state index < -0.39 is 9.84 Å². The Morgan fingerprint density at radius 3 is 2.58 bits per heavy atom. The molecular formula is C27H30N6O4S. The summed E-state index contributed by atoms with van der Waals surface area (Å²) in [6.07, 6.45) is 9.28. The number of fused-ring (bicyclic) bond motifs is 1. The second-order valence-corrected chi connectivity index (χ2v) is 11.7. The first-order valence-electron chi connectivity index (χ1n) is 12.8. The van der Waals surface area contributed by atoms with E-state index in [0.717, 1.165) is 77.2 Å². The Morgan fingerprint density at radius 2 is 1.84 bits per heavy atom. The van der Waals surface area contributed by atoms with E-state index in [1.807, 2.05) is 23.7 Å². The van der Waals surface area contributed by atoms with Gasteiger partial charge in [0.15, 0.2) is 21.1 Å². The molecule has 1 unspecified atom stereocenters. The van der Waals surface area contributed by atoms with Crippen molar-refractivity contribution in [3.63, 3.8) is 0 Å². The first kappa shape index (κ1) is 24.9. The summed E-state index contributed by atoms with van der Waals surface area (Å²) in [5, 5.41) is 5.56. The summed E-state index contributed by atoms with van der Waals surface area (Å²) in [5.74, 6) is 0.816. The largest absolute Gasteiger partial charge is 0.378 e. The molecule has 0 spiro atoms. The number of ether oxygens (including phenoxy) is 2. The molecule has 10 nitrogen and oxygen atoms in total. The summed E-state index contributed by atoms with van der Waals surface area (Å²) in [6, 6.07) is 7.59. The number of morpholine rings is 1. The van der Waals surface area contributed by atoms with Crippen LogP contribution in [0.15, 0.2) is 47.9 Å². The highest BCUT2D eigenvalue weighted by atomic mass is 32.2. The number of aryl methyl sites for hydroxylation is 1. The van der Waals surface area contributed by atoms with Crippen molar-refractivity contribution < 1.29 is 17.9 Å². The van der Waals surface area contributed by atoms with Crippen LogP contribution in [0.25, 0.3) is 33.4 Å². The van der Waals surface area contributed by atoms with Gasteiger partial charge in [0.25, 0.3) is 0 Å². The van der Waals surface area contributed by atoms with Crippen molar-refractivity contribution in [3.8, 4) is 22.5 Å². The smallest absolute Gasteiger partial charge is 0.192 e. The third-order valence-corrected chi connectivity index (χ3v) is 8.13. The summed E-state index contributed by atoms with van der Waals surface area (Å²) in [4.78, 5) is 16.4. The summed E-state index contributed by atoms with van der Waals surface area (Å²) < 4.78 is 37.8. The van der Waals surface area contributed by atoms with E-state index in [0.29, 0.717) is 19.8 Å². The van der Waals surface area contributed by atoms with E-state index in [-0.39, 0.29) is 11.3 Å². The van der Waals surface area contributed by atoms with E-state index in [1.54, 1.807) is 24.7 Å². The van der Waals surface area contributed by atoms with Crippen LogP contribution in [0.5, 0.6) is 0 Å². The second-order valence-electron chi connectivity index (χ2n) is 9.78. The summed E-state index contributed by atoms with van der Waals surface area (Å²) >= 11 is 0. The lowest BCUT2D eigenvalue weighted by Gasteiger charge is -2.29. The molecule has 0 N–H and O–H groups in total. The highest BCUT2D eigenvalue weighted by molar-refractivity contribution is 7.90. The second kappa shape index (κ2) is 10.0. The van der Waals surface area contributed by atoms with E-state index >= 15 is 0 Å². The highest BCUT2D eigenvalue weighted by Crippen LogP contribution is 2.38. The van der Waals surface area contributed by atoms with Crippen molar-refractivity contribution >= 4 is 26.6 Å². The number of nitrogens with zero attached hydrogens (tertiary/aromatic N) is 6. The molecule has 0 amide bonds. The van der Waals surface area contributed by atoms with Crippen molar-refractivity contribution in [3.05, 3.63) is 48.4 Å². The zero-order valence-electron chi connectivity index (χ0n) is 21.5. The summed E-state index contributed by atoms with van der Waals surface area (Å²) in [6.45, 7) is 5.34. The number of pyridine rings is 3. The molecule has 0 bridgehead atoms. The van der Waals surface area contributed by atoms with Gasteiger partial charge in [0.1, 0.15) is 17.0 Å². The third-order valence-electron chi connectivity index (χ3n) is 7.15. The predicted molar refractivity (Wildman–Crippen MR) is 144 cm³/mol. The predicted octanol–water partition coefficient (Wildman–Crippen LogP) is 3.80. The average Bonchev–Trinajstić information content (AvgIpc) is 3.42.